The minimum atomic E-state index is -3.12. The van der Waals surface area contributed by atoms with Gasteiger partial charge in [0.25, 0.3) is 0 Å². The number of fused-ring (bicyclic) bond motifs is 2. The maximum Gasteiger partial charge on any atom is 0.320 e. The van der Waals surface area contributed by atoms with E-state index in [1.54, 1.807) is 11.3 Å². The molecule has 2 amide bonds. The van der Waals surface area contributed by atoms with Crippen molar-refractivity contribution >= 4 is 33.7 Å². The Morgan fingerprint density at radius 1 is 1.14 bits per heavy atom. The lowest BCUT2D eigenvalue weighted by Crippen LogP contribution is -2.31. The van der Waals surface area contributed by atoms with Crippen molar-refractivity contribution in [3.63, 3.8) is 0 Å². The minimum absolute atomic E-state index is 0.00297. The maximum atomic E-state index is 15.1. The number of alkyl halides is 2. The van der Waals surface area contributed by atoms with Crippen molar-refractivity contribution in [2.75, 3.05) is 18.9 Å². The molecule has 0 atom stereocenters. The van der Waals surface area contributed by atoms with Crippen LogP contribution in [0.15, 0.2) is 12.2 Å². The third kappa shape index (κ3) is 5.63. The Labute approximate surface area is 214 Å². The molecule has 0 fully saturated rings. The van der Waals surface area contributed by atoms with Crippen molar-refractivity contribution in [1.82, 2.24) is 10.2 Å². The zero-order valence-electron chi connectivity index (χ0n) is 21.0. The first-order valence-electron chi connectivity index (χ1n) is 12.2. The van der Waals surface area contributed by atoms with E-state index in [1.165, 1.54) is 17.4 Å². The molecule has 2 aliphatic rings. The number of ether oxygens (including phenoxy) is 1. The van der Waals surface area contributed by atoms with Crippen LogP contribution in [0, 0.1) is 0 Å². The zero-order valence-corrected chi connectivity index (χ0v) is 22.6. The number of amides is 2. The Bertz CT molecular complexity index is 1110. The number of anilines is 1. The SMILES string of the molecule is C=C(C)C(F)(F)c1sc2c(c1CNC(=O)Nc1sc3c(c1COC(C)C)CCCC3)CCN(C)C2. The van der Waals surface area contributed by atoms with Crippen molar-refractivity contribution < 1.29 is 18.3 Å². The number of nitrogens with zero attached hydrogens (tertiary/aromatic N) is 1. The number of aryl methyl sites for hydroxylation is 1. The van der Waals surface area contributed by atoms with E-state index in [0.717, 1.165) is 64.6 Å². The fourth-order valence-electron chi connectivity index (χ4n) is 4.68. The fraction of sp³-hybridized carbons (Fsp3) is 0.577. The van der Waals surface area contributed by atoms with E-state index >= 15 is 8.78 Å². The van der Waals surface area contributed by atoms with Gasteiger partial charge in [-0.1, -0.05) is 6.58 Å². The molecule has 0 unspecified atom stereocenters. The largest absolute Gasteiger partial charge is 0.374 e. The van der Waals surface area contributed by atoms with Gasteiger partial charge in [-0.25, -0.2) is 4.79 Å². The lowest BCUT2D eigenvalue weighted by Gasteiger charge is -2.23. The van der Waals surface area contributed by atoms with Crippen LogP contribution in [0.25, 0.3) is 0 Å². The van der Waals surface area contributed by atoms with Gasteiger partial charge < -0.3 is 15.0 Å². The molecule has 0 bridgehead atoms. The molecule has 3 heterocycles. The van der Waals surface area contributed by atoms with Gasteiger partial charge in [-0.05, 0) is 82.2 Å². The highest BCUT2D eigenvalue weighted by Gasteiger charge is 2.39. The predicted molar refractivity (Wildman–Crippen MR) is 140 cm³/mol. The molecule has 0 spiro atoms. The summed E-state index contributed by atoms with van der Waals surface area (Å²) in [4.78, 5) is 17.4. The lowest BCUT2D eigenvalue weighted by molar-refractivity contribution is 0.0416. The Morgan fingerprint density at radius 3 is 2.57 bits per heavy atom. The second-order valence-electron chi connectivity index (χ2n) is 9.84. The molecule has 0 radical (unpaired) electrons. The molecule has 1 aliphatic carbocycles. The maximum absolute atomic E-state index is 15.1. The van der Waals surface area contributed by atoms with Crippen LogP contribution in [-0.2, 0) is 49.6 Å². The van der Waals surface area contributed by atoms with E-state index in [0.29, 0.717) is 25.1 Å². The fourth-order valence-corrected chi connectivity index (χ4v) is 7.47. The Hall–Kier alpha value is -1.81. The number of allylic oxidation sites excluding steroid dienone is 1. The van der Waals surface area contributed by atoms with Gasteiger partial charge in [0.15, 0.2) is 0 Å². The topological polar surface area (TPSA) is 53.6 Å². The minimum Gasteiger partial charge on any atom is -0.374 e. The highest BCUT2D eigenvalue weighted by atomic mass is 32.1. The normalized spacial score (nSPS) is 16.2. The zero-order chi connectivity index (χ0) is 25.3. The third-order valence-electron chi connectivity index (χ3n) is 6.67. The molecule has 5 nitrogen and oxygen atoms in total. The number of likely N-dealkylation sites (N-methyl/N-ethyl adjacent to an activating group) is 1. The van der Waals surface area contributed by atoms with E-state index in [9.17, 15) is 4.79 Å². The summed E-state index contributed by atoms with van der Waals surface area (Å²) in [5.74, 6) is -3.12. The molecule has 9 heteroatoms. The van der Waals surface area contributed by atoms with Crippen molar-refractivity contribution in [2.45, 2.75) is 84.6 Å². The van der Waals surface area contributed by atoms with Gasteiger partial charge in [0.1, 0.15) is 5.00 Å². The second-order valence-corrected chi connectivity index (χ2v) is 12.1. The van der Waals surface area contributed by atoms with Crippen LogP contribution in [0.1, 0.15) is 70.5 Å². The number of hydrogen-bond acceptors (Lipinski definition) is 5. The average molecular weight is 524 g/mol. The van der Waals surface area contributed by atoms with Crippen LogP contribution in [0.2, 0.25) is 0 Å². The van der Waals surface area contributed by atoms with Gasteiger partial charge in [0.05, 0.1) is 17.6 Å². The highest BCUT2D eigenvalue weighted by Crippen LogP contribution is 2.45. The van der Waals surface area contributed by atoms with Gasteiger partial charge in [0, 0.05) is 35.0 Å². The van der Waals surface area contributed by atoms with Crippen LogP contribution in [0.5, 0.6) is 0 Å². The molecule has 2 aromatic rings. The van der Waals surface area contributed by atoms with E-state index in [4.69, 9.17) is 4.74 Å². The van der Waals surface area contributed by atoms with Crippen molar-refractivity contribution in [1.29, 1.82) is 0 Å². The first-order chi connectivity index (χ1) is 16.6. The van der Waals surface area contributed by atoms with Crippen molar-refractivity contribution in [3.05, 3.63) is 49.0 Å². The number of carbonyl (C=O) groups excluding carboxylic acids is 1. The van der Waals surface area contributed by atoms with E-state index < -0.39 is 5.92 Å². The second kappa shape index (κ2) is 10.7. The summed E-state index contributed by atoms with van der Waals surface area (Å²) < 4.78 is 36.0. The molecule has 4 rings (SSSR count). The van der Waals surface area contributed by atoms with E-state index in [-0.39, 0.29) is 29.1 Å². The first kappa shape index (κ1) is 26.3. The monoisotopic (exact) mass is 523 g/mol. The van der Waals surface area contributed by atoms with Crippen molar-refractivity contribution in [2.24, 2.45) is 0 Å². The lowest BCUT2D eigenvalue weighted by atomic mass is 9.96. The number of hydrogen-bond donors (Lipinski definition) is 2. The molecular weight excluding hydrogens is 488 g/mol. The average Bonchev–Trinajstić information content (AvgIpc) is 3.33. The van der Waals surface area contributed by atoms with Crippen LogP contribution in [0.3, 0.4) is 0 Å². The molecular formula is C26H35F2N3O2S2. The Balaban J connectivity index is 1.54. The van der Waals surface area contributed by atoms with Gasteiger partial charge >= 0.3 is 12.0 Å². The van der Waals surface area contributed by atoms with Gasteiger partial charge in [0.2, 0.25) is 0 Å². The Kier molecular flexibility index (Phi) is 8.00. The Morgan fingerprint density at radius 2 is 1.86 bits per heavy atom. The summed E-state index contributed by atoms with van der Waals surface area (Å²) in [5.41, 5.74) is 3.65. The van der Waals surface area contributed by atoms with Crippen LogP contribution in [0.4, 0.5) is 18.6 Å². The molecule has 0 saturated heterocycles. The number of nitrogens with one attached hydrogen (secondary N) is 2. The molecule has 0 aromatic carbocycles. The summed E-state index contributed by atoms with van der Waals surface area (Å²) in [6.07, 6.45) is 5.10. The van der Waals surface area contributed by atoms with Gasteiger partial charge in [-0.2, -0.15) is 8.78 Å². The molecule has 2 N–H and O–H groups in total. The molecule has 1 aliphatic heterocycles. The van der Waals surface area contributed by atoms with E-state index in [2.05, 4.69) is 22.1 Å². The standard InChI is InChI=1S/C26H35F2N3O2S2/c1-15(2)26(27,28)23-19(18-10-11-31(5)13-22(18)34-23)12-29-25(32)30-24-20(14-33-16(3)4)17-8-6-7-9-21(17)35-24/h16H,1,6-14H2,2-5H3,(H2,29,30,32). The quantitative estimate of drug-likeness (QED) is 0.384. The molecule has 192 valence electrons. The van der Waals surface area contributed by atoms with Gasteiger partial charge in [-0.15, -0.1) is 22.7 Å². The molecule has 2 aromatic heterocycles. The number of halogens is 2. The van der Waals surface area contributed by atoms with Crippen LogP contribution < -0.4 is 10.6 Å². The van der Waals surface area contributed by atoms with Crippen molar-refractivity contribution in [3.8, 4) is 0 Å². The predicted octanol–water partition coefficient (Wildman–Crippen LogP) is 6.59. The van der Waals surface area contributed by atoms with Crippen LogP contribution >= 0.6 is 22.7 Å². The summed E-state index contributed by atoms with van der Waals surface area (Å²) in [6, 6.07) is -0.383. The third-order valence-corrected chi connectivity index (χ3v) is 9.25. The molecule has 0 saturated carbocycles. The first-order valence-corrected chi connectivity index (χ1v) is 13.9. The highest BCUT2D eigenvalue weighted by molar-refractivity contribution is 7.16. The van der Waals surface area contributed by atoms with E-state index in [1.807, 2.05) is 20.9 Å². The van der Waals surface area contributed by atoms with Crippen LogP contribution in [-0.4, -0.2) is 30.6 Å². The number of thiophene rings is 2. The number of rotatable bonds is 8. The number of urea groups is 1. The summed E-state index contributed by atoms with van der Waals surface area (Å²) in [6.45, 7) is 10.8. The summed E-state index contributed by atoms with van der Waals surface area (Å²) >= 11 is 2.76. The van der Waals surface area contributed by atoms with Gasteiger partial charge in [-0.3, -0.25) is 5.32 Å². The summed E-state index contributed by atoms with van der Waals surface area (Å²) in [7, 11) is 1.99. The molecule has 35 heavy (non-hydrogen) atoms. The number of carbonyl (C=O) groups is 1. The smallest absolute Gasteiger partial charge is 0.320 e. The summed E-state index contributed by atoms with van der Waals surface area (Å²) in [5, 5.41) is 6.67.